The molecule has 4 aromatic carbocycles. The average Bonchev–Trinajstić information content (AvgIpc) is 2.97. The standard InChI is InChI=1S/C32H20O9/c33-19-13-9-18(10-14-19)30(36)39-20-15-11-17(12-16-20)25(26-28(34)21-5-1-3-7-23(21)40-31(26)37)27-29(35)22-6-2-4-8-24(22)41-32(27)38/h1-16,25,33-35H. The fourth-order valence-electron chi connectivity index (χ4n) is 4.77. The summed E-state index contributed by atoms with van der Waals surface area (Å²) in [5.74, 6) is -2.68. The zero-order valence-electron chi connectivity index (χ0n) is 21.1. The smallest absolute Gasteiger partial charge is 0.344 e. The van der Waals surface area contributed by atoms with Crippen molar-refractivity contribution in [3.63, 3.8) is 0 Å². The Morgan fingerprint density at radius 3 is 1.63 bits per heavy atom. The van der Waals surface area contributed by atoms with Gasteiger partial charge in [-0.05, 0) is 66.2 Å². The highest BCUT2D eigenvalue weighted by Crippen LogP contribution is 2.42. The van der Waals surface area contributed by atoms with Crippen LogP contribution in [0.2, 0.25) is 0 Å². The van der Waals surface area contributed by atoms with Crippen molar-refractivity contribution in [2.24, 2.45) is 0 Å². The van der Waals surface area contributed by atoms with Crippen LogP contribution in [0.15, 0.2) is 115 Å². The molecule has 6 rings (SSSR count). The van der Waals surface area contributed by atoms with E-state index in [1.54, 1.807) is 36.4 Å². The maximum Gasteiger partial charge on any atom is 0.344 e. The van der Waals surface area contributed by atoms with Crippen molar-refractivity contribution in [2.45, 2.75) is 5.92 Å². The molecular weight excluding hydrogens is 528 g/mol. The van der Waals surface area contributed by atoms with Crippen LogP contribution in [0.1, 0.15) is 33.0 Å². The minimum Gasteiger partial charge on any atom is -0.508 e. The molecule has 0 radical (unpaired) electrons. The van der Waals surface area contributed by atoms with Crippen molar-refractivity contribution in [1.82, 2.24) is 0 Å². The Balaban J connectivity index is 1.51. The molecule has 0 saturated heterocycles. The van der Waals surface area contributed by atoms with Gasteiger partial charge in [-0.15, -0.1) is 0 Å². The van der Waals surface area contributed by atoms with Gasteiger partial charge in [0.05, 0.1) is 33.4 Å². The quantitative estimate of drug-likeness (QED) is 0.146. The van der Waals surface area contributed by atoms with Crippen molar-refractivity contribution >= 4 is 27.9 Å². The van der Waals surface area contributed by atoms with Crippen molar-refractivity contribution in [3.8, 4) is 23.0 Å². The summed E-state index contributed by atoms with van der Waals surface area (Å²) in [6.45, 7) is 0. The number of fused-ring (bicyclic) bond motifs is 2. The molecule has 2 aromatic heterocycles. The number of aromatic hydroxyl groups is 3. The molecule has 0 aliphatic heterocycles. The van der Waals surface area contributed by atoms with Gasteiger partial charge in [0.2, 0.25) is 0 Å². The second-order valence-corrected chi connectivity index (χ2v) is 9.23. The zero-order valence-corrected chi connectivity index (χ0v) is 21.1. The van der Waals surface area contributed by atoms with E-state index in [0.717, 1.165) is 0 Å². The minimum atomic E-state index is -1.32. The molecule has 9 heteroatoms. The Morgan fingerprint density at radius 2 is 1.12 bits per heavy atom. The number of rotatable bonds is 5. The summed E-state index contributed by atoms with van der Waals surface area (Å²) in [6, 6.07) is 24.2. The Morgan fingerprint density at radius 1 is 0.634 bits per heavy atom. The lowest BCUT2D eigenvalue weighted by atomic mass is 9.84. The van der Waals surface area contributed by atoms with Crippen LogP contribution in [-0.4, -0.2) is 21.3 Å². The molecule has 9 nitrogen and oxygen atoms in total. The second kappa shape index (κ2) is 10.0. The molecule has 0 bridgehead atoms. The zero-order chi connectivity index (χ0) is 28.7. The molecule has 6 aromatic rings. The molecule has 0 aliphatic rings. The first-order chi connectivity index (χ1) is 19.8. The molecule has 0 saturated carbocycles. The fraction of sp³-hybridized carbons (Fsp3) is 0.0312. The van der Waals surface area contributed by atoms with Crippen molar-refractivity contribution in [3.05, 3.63) is 140 Å². The number of hydrogen-bond acceptors (Lipinski definition) is 9. The summed E-state index contributed by atoms with van der Waals surface area (Å²) in [5.41, 5.74) is -1.60. The van der Waals surface area contributed by atoms with Gasteiger partial charge in [-0.1, -0.05) is 36.4 Å². The second-order valence-electron chi connectivity index (χ2n) is 9.23. The maximum absolute atomic E-state index is 13.3. The van der Waals surface area contributed by atoms with Crippen molar-refractivity contribution in [2.75, 3.05) is 0 Å². The molecule has 41 heavy (non-hydrogen) atoms. The van der Waals surface area contributed by atoms with E-state index >= 15 is 0 Å². The minimum absolute atomic E-state index is 0.000199. The molecule has 202 valence electrons. The summed E-state index contributed by atoms with van der Waals surface area (Å²) >= 11 is 0. The van der Waals surface area contributed by atoms with Gasteiger partial charge in [0.25, 0.3) is 0 Å². The number of benzene rings is 4. The average molecular weight is 549 g/mol. The third-order valence-corrected chi connectivity index (χ3v) is 6.74. The number of phenols is 1. The number of carbonyl (C=O) groups excluding carboxylic acids is 1. The summed E-state index contributed by atoms with van der Waals surface area (Å²) in [7, 11) is 0. The van der Waals surface area contributed by atoms with Gasteiger partial charge in [0.1, 0.15) is 34.2 Å². The van der Waals surface area contributed by atoms with E-state index in [1.165, 1.54) is 60.7 Å². The lowest BCUT2D eigenvalue weighted by Gasteiger charge is -2.20. The molecule has 0 spiro atoms. The molecule has 0 unspecified atom stereocenters. The van der Waals surface area contributed by atoms with Gasteiger partial charge in [0.15, 0.2) is 0 Å². The number of esters is 1. The van der Waals surface area contributed by atoms with Crippen LogP contribution in [0.4, 0.5) is 0 Å². The SMILES string of the molecule is O=C(Oc1ccc(C(c2c(O)c3ccccc3oc2=O)c2c(O)c3ccccc3oc2=O)cc1)c1ccc(O)cc1. The van der Waals surface area contributed by atoms with Crippen LogP contribution >= 0.6 is 0 Å². The maximum atomic E-state index is 13.3. The van der Waals surface area contributed by atoms with Crippen LogP contribution in [0, 0.1) is 0 Å². The van der Waals surface area contributed by atoms with E-state index in [2.05, 4.69) is 0 Å². The summed E-state index contributed by atoms with van der Waals surface area (Å²) in [4.78, 5) is 39.1. The first-order valence-corrected chi connectivity index (χ1v) is 12.4. The number of carbonyl (C=O) groups is 1. The third kappa shape index (κ3) is 4.55. The molecule has 0 amide bonds. The van der Waals surface area contributed by atoms with E-state index < -0.39 is 34.6 Å². The molecule has 3 N–H and O–H groups in total. The van der Waals surface area contributed by atoms with Crippen LogP contribution in [0.3, 0.4) is 0 Å². The normalized spacial score (nSPS) is 11.2. The van der Waals surface area contributed by atoms with E-state index in [-0.39, 0.29) is 50.1 Å². The topological polar surface area (TPSA) is 147 Å². The molecule has 0 atom stereocenters. The Kier molecular flexibility index (Phi) is 6.24. The Bertz CT molecular complexity index is 1950. The number of ether oxygens (including phenoxy) is 1. The summed E-state index contributed by atoms with van der Waals surface area (Å²) in [5, 5.41) is 32.5. The predicted octanol–water partition coefficient (Wildman–Crippen LogP) is 5.42. The van der Waals surface area contributed by atoms with Gasteiger partial charge >= 0.3 is 17.2 Å². The molecule has 2 heterocycles. The fourth-order valence-corrected chi connectivity index (χ4v) is 4.77. The Hall–Kier alpha value is -5.83. The predicted molar refractivity (Wildman–Crippen MR) is 149 cm³/mol. The number of phenolic OH excluding ortho intramolecular Hbond substituents is 1. The highest BCUT2D eigenvalue weighted by Gasteiger charge is 2.32. The van der Waals surface area contributed by atoms with E-state index in [9.17, 15) is 29.7 Å². The van der Waals surface area contributed by atoms with Crippen LogP contribution < -0.4 is 16.0 Å². The van der Waals surface area contributed by atoms with E-state index in [0.29, 0.717) is 5.56 Å². The third-order valence-electron chi connectivity index (χ3n) is 6.74. The van der Waals surface area contributed by atoms with Gasteiger partial charge in [-0.25, -0.2) is 14.4 Å². The van der Waals surface area contributed by atoms with Gasteiger partial charge in [-0.3, -0.25) is 0 Å². The summed E-state index contributed by atoms with van der Waals surface area (Å²) < 4.78 is 16.4. The monoisotopic (exact) mass is 548 g/mol. The first kappa shape index (κ1) is 25.4. The lowest BCUT2D eigenvalue weighted by molar-refractivity contribution is 0.0734. The van der Waals surface area contributed by atoms with Crippen LogP contribution in [0.5, 0.6) is 23.0 Å². The van der Waals surface area contributed by atoms with Crippen LogP contribution in [0.25, 0.3) is 21.9 Å². The lowest BCUT2D eigenvalue weighted by Crippen LogP contribution is -2.21. The van der Waals surface area contributed by atoms with Gasteiger partial charge < -0.3 is 28.9 Å². The van der Waals surface area contributed by atoms with E-state index in [4.69, 9.17) is 13.6 Å². The molecule has 0 aliphatic carbocycles. The highest BCUT2D eigenvalue weighted by atomic mass is 16.5. The van der Waals surface area contributed by atoms with Crippen molar-refractivity contribution < 1.29 is 33.7 Å². The van der Waals surface area contributed by atoms with E-state index in [1.807, 2.05) is 0 Å². The first-order valence-electron chi connectivity index (χ1n) is 12.4. The van der Waals surface area contributed by atoms with Crippen LogP contribution in [-0.2, 0) is 0 Å². The van der Waals surface area contributed by atoms with Crippen molar-refractivity contribution in [1.29, 1.82) is 0 Å². The van der Waals surface area contributed by atoms with Gasteiger partial charge in [0, 0.05) is 0 Å². The Labute approximate surface area is 230 Å². The number of para-hydroxylation sites is 2. The molecular formula is C32H20O9. The largest absolute Gasteiger partial charge is 0.508 e. The summed E-state index contributed by atoms with van der Waals surface area (Å²) in [6.07, 6.45) is 0. The number of hydrogen-bond donors (Lipinski definition) is 3. The van der Waals surface area contributed by atoms with Gasteiger partial charge in [-0.2, -0.15) is 0 Å². The highest BCUT2D eigenvalue weighted by molar-refractivity contribution is 5.91. The molecule has 0 fully saturated rings.